The van der Waals surface area contributed by atoms with Crippen LogP contribution in [0.15, 0.2) is 94.7 Å². The first kappa shape index (κ1) is 31.6. The average molecular weight is 688 g/mol. The van der Waals surface area contributed by atoms with Gasteiger partial charge in [-0.05, 0) is 93.7 Å². The molecule has 0 bridgehead atoms. The van der Waals surface area contributed by atoms with Crippen LogP contribution in [0.1, 0.15) is 103 Å². The number of para-hydroxylation sites is 2. The van der Waals surface area contributed by atoms with Crippen molar-refractivity contribution in [2.45, 2.75) is 113 Å². The van der Waals surface area contributed by atoms with Crippen LogP contribution in [0.3, 0.4) is 0 Å². The molecule has 256 valence electrons. The van der Waals surface area contributed by atoms with Gasteiger partial charge in [-0.25, -0.2) is 0 Å². The number of rotatable bonds is 1. The molecule has 0 saturated carbocycles. The second kappa shape index (κ2) is 10.3. The summed E-state index contributed by atoms with van der Waals surface area (Å²) in [5.41, 5.74) is 12.9. The number of fused-ring (bicyclic) bond motifs is 10. The van der Waals surface area contributed by atoms with Crippen LogP contribution in [0, 0.1) is 0 Å². The first-order valence-electron chi connectivity index (χ1n) is 18.8. The lowest BCUT2D eigenvalue weighted by molar-refractivity contribution is 0.318. The molecule has 0 spiro atoms. The quantitative estimate of drug-likeness (QED) is 0.160. The van der Waals surface area contributed by atoms with Crippen molar-refractivity contribution in [2.24, 2.45) is 0 Å². The Labute approximate surface area is 307 Å². The molecule has 0 unspecified atom stereocenters. The largest absolute Gasteiger partial charge is 0.458 e. The molecule has 2 aliphatic carbocycles. The Morgan fingerprint density at radius 2 is 0.980 bits per heavy atom. The summed E-state index contributed by atoms with van der Waals surface area (Å²) in [6, 6.07) is 31.7. The van der Waals surface area contributed by atoms with Crippen LogP contribution in [0.25, 0.3) is 0 Å². The molecular weight excluding hydrogens is 641 g/mol. The number of nitrogens with zero attached hydrogens (tertiary/aromatic N) is 1. The van der Waals surface area contributed by atoms with E-state index < -0.39 is 0 Å². The molecule has 0 amide bonds. The highest BCUT2D eigenvalue weighted by Gasteiger charge is 2.49. The molecule has 0 fully saturated rings. The Bertz CT molecular complexity index is 2180. The SMILES string of the molecule is CC1(C)CCC(C)(C)c2c1ccc1c2Oc2cc(N3c4ccccc4Sc4ccccc43)cc3c2B1c1ccc2c(c1O3)C(C)(C)CCC2(C)C. The smallest absolute Gasteiger partial charge is 0.260 e. The summed E-state index contributed by atoms with van der Waals surface area (Å²) in [5.74, 6) is 3.93. The topological polar surface area (TPSA) is 21.7 Å². The van der Waals surface area contributed by atoms with E-state index in [0.717, 1.165) is 47.0 Å². The predicted molar refractivity (Wildman–Crippen MR) is 214 cm³/mol. The lowest BCUT2D eigenvalue weighted by Crippen LogP contribution is -2.59. The fraction of sp³-hybridized carbons (Fsp3) is 0.348. The minimum atomic E-state index is -0.00796. The lowest BCUT2D eigenvalue weighted by Gasteiger charge is -2.46. The van der Waals surface area contributed by atoms with E-state index in [9.17, 15) is 0 Å². The fourth-order valence-electron chi connectivity index (χ4n) is 9.96. The highest BCUT2D eigenvalue weighted by molar-refractivity contribution is 7.99. The van der Waals surface area contributed by atoms with Crippen molar-refractivity contribution >= 4 is 51.9 Å². The van der Waals surface area contributed by atoms with Crippen LogP contribution < -0.4 is 30.8 Å². The van der Waals surface area contributed by atoms with Gasteiger partial charge in [-0.2, -0.15) is 0 Å². The van der Waals surface area contributed by atoms with Crippen molar-refractivity contribution in [2.75, 3.05) is 4.90 Å². The average Bonchev–Trinajstić information content (AvgIpc) is 3.10. The first-order valence-corrected chi connectivity index (χ1v) is 19.6. The van der Waals surface area contributed by atoms with Crippen LogP contribution in [0.4, 0.5) is 17.1 Å². The Balaban J connectivity index is 1.28. The zero-order chi connectivity index (χ0) is 35.2. The van der Waals surface area contributed by atoms with Gasteiger partial charge in [0.2, 0.25) is 0 Å². The molecule has 0 saturated heterocycles. The van der Waals surface area contributed by atoms with Crippen molar-refractivity contribution in [3.8, 4) is 23.0 Å². The van der Waals surface area contributed by atoms with E-state index in [1.807, 2.05) is 11.8 Å². The molecule has 51 heavy (non-hydrogen) atoms. The number of hydrogen-bond donors (Lipinski definition) is 0. The molecule has 5 aromatic carbocycles. The summed E-state index contributed by atoms with van der Waals surface area (Å²) in [7, 11) is 0. The summed E-state index contributed by atoms with van der Waals surface area (Å²) in [4.78, 5) is 4.90. The molecule has 3 aliphatic heterocycles. The maximum absolute atomic E-state index is 7.35. The van der Waals surface area contributed by atoms with Crippen LogP contribution in [-0.4, -0.2) is 6.71 Å². The van der Waals surface area contributed by atoms with Gasteiger partial charge in [0.25, 0.3) is 6.71 Å². The lowest BCUT2D eigenvalue weighted by atomic mass is 9.34. The summed E-state index contributed by atoms with van der Waals surface area (Å²) >= 11 is 1.84. The molecule has 3 heterocycles. The van der Waals surface area contributed by atoms with Crippen LogP contribution in [0.5, 0.6) is 23.0 Å². The van der Waals surface area contributed by atoms with Gasteiger partial charge in [0, 0.05) is 38.5 Å². The second-order valence-corrected chi connectivity index (χ2v) is 19.3. The van der Waals surface area contributed by atoms with Gasteiger partial charge in [-0.1, -0.05) is 116 Å². The number of benzene rings is 5. The van der Waals surface area contributed by atoms with Gasteiger partial charge in [0.15, 0.2) is 0 Å². The Morgan fingerprint density at radius 1 is 0.549 bits per heavy atom. The summed E-state index contributed by atoms with van der Waals surface area (Å²) in [5, 5.41) is 0. The maximum Gasteiger partial charge on any atom is 0.260 e. The molecule has 5 heteroatoms. The van der Waals surface area contributed by atoms with Crippen molar-refractivity contribution in [1.29, 1.82) is 0 Å². The van der Waals surface area contributed by atoms with E-state index in [1.165, 1.54) is 67.2 Å². The van der Waals surface area contributed by atoms with E-state index in [2.05, 4.69) is 145 Å². The highest BCUT2D eigenvalue weighted by Crippen LogP contribution is 2.56. The van der Waals surface area contributed by atoms with Crippen LogP contribution >= 0.6 is 11.8 Å². The molecular formula is C46H46BNO2S. The number of ether oxygens (including phenoxy) is 2. The van der Waals surface area contributed by atoms with E-state index >= 15 is 0 Å². The third-order valence-corrected chi connectivity index (χ3v) is 14.2. The van der Waals surface area contributed by atoms with E-state index in [4.69, 9.17) is 9.47 Å². The third-order valence-electron chi connectivity index (χ3n) is 13.1. The Kier molecular flexibility index (Phi) is 6.38. The Morgan fingerprint density at radius 3 is 1.45 bits per heavy atom. The standard InChI is InChI=1S/C46H46BNO2S/c1-43(2)21-23-45(5,6)38-28(43)17-19-30-41(38)49-34-25-27(48-32-13-9-11-15-36(32)51-37-16-12-10-14-33(37)48)26-35-40(34)47(30)31-20-18-29-39(42(31)50-35)46(7,8)24-22-44(29,3)4/h9-20,25-26H,21-24H2,1-8H3. The molecule has 0 radical (unpaired) electrons. The summed E-state index contributed by atoms with van der Waals surface area (Å²) in [6.07, 6.45) is 4.59. The van der Waals surface area contributed by atoms with Crippen LogP contribution in [-0.2, 0) is 21.7 Å². The van der Waals surface area contributed by atoms with Gasteiger partial charge >= 0.3 is 0 Å². The minimum Gasteiger partial charge on any atom is -0.458 e. The molecule has 0 N–H and O–H groups in total. The van der Waals surface area contributed by atoms with Crippen molar-refractivity contribution in [3.05, 3.63) is 107 Å². The van der Waals surface area contributed by atoms with Gasteiger partial charge < -0.3 is 14.4 Å². The van der Waals surface area contributed by atoms with E-state index in [1.54, 1.807) is 0 Å². The predicted octanol–water partition coefficient (Wildman–Crippen LogP) is 11.0. The van der Waals surface area contributed by atoms with Gasteiger partial charge in [0.1, 0.15) is 23.0 Å². The highest BCUT2D eigenvalue weighted by atomic mass is 32.2. The summed E-state index contributed by atoms with van der Waals surface area (Å²) < 4.78 is 14.7. The summed E-state index contributed by atoms with van der Waals surface area (Å²) in [6.45, 7) is 19.3. The number of hydrogen-bond acceptors (Lipinski definition) is 4. The third kappa shape index (κ3) is 4.40. The molecule has 3 nitrogen and oxygen atoms in total. The zero-order valence-corrected chi connectivity index (χ0v) is 32.0. The van der Waals surface area contributed by atoms with E-state index in [0.29, 0.717) is 0 Å². The van der Waals surface area contributed by atoms with Crippen molar-refractivity contribution < 1.29 is 9.47 Å². The van der Waals surface area contributed by atoms with Crippen molar-refractivity contribution in [1.82, 2.24) is 0 Å². The zero-order valence-electron chi connectivity index (χ0n) is 31.2. The molecule has 0 aromatic heterocycles. The molecule has 5 aliphatic rings. The normalized spacial score (nSPS) is 20.2. The van der Waals surface area contributed by atoms with Gasteiger partial charge in [-0.15, -0.1) is 0 Å². The monoisotopic (exact) mass is 687 g/mol. The molecule has 5 aromatic rings. The number of anilines is 3. The second-order valence-electron chi connectivity index (χ2n) is 18.2. The van der Waals surface area contributed by atoms with Gasteiger partial charge in [-0.3, -0.25) is 0 Å². The Hall–Kier alpha value is -4.09. The maximum atomic E-state index is 7.35. The van der Waals surface area contributed by atoms with E-state index in [-0.39, 0.29) is 28.4 Å². The van der Waals surface area contributed by atoms with Crippen LogP contribution in [0.2, 0.25) is 0 Å². The minimum absolute atomic E-state index is 0.00796. The first-order chi connectivity index (χ1) is 24.3. The molecule has 10 rings (SSSR count). The molecule has 0 atom stereocenters. The fourth-order valence-corrected chi connectivity index (χ4v) is 11.0. The van der Waals surface area contributed by atoms with Gasteiger partial charge in [0.05, 0.1) is 17.1 Å². The van der Waals surface area contributed by atoms with Crippen molar-refractivity contribution in [3.63, 3.8) is 0 Å².